The molecule has 0 bridgehead atoms. The lowest BCUT2D eigenvalue weighted by Gasteiger charge is -2.39. The highest BCUT2D eigenvalue weighted by Crippen LogP contribution is 2.40. The van der Waals surface area contributed by atoms with E-state index in [0.717, 1.165) is 12.1 Å². The number of hydrogen-bond donors (Lipinski definition) is 1. The van der Waals surface area contributed by atoms with Gasteiger partial charge < -0.3 is 10.5 Å². The zero-order valence-corrected chi connectivity index (χ0v) is 12.5. The summed E-state index contributed by atoms with van der Waals surface area (Å²) in [6.07, 6.45) is -3.94. The highest BCUT2D eigenvalue weighted by molar-refractivity contribution is 5.90. The number of carbonyl (C=O) groups excluding carboxylic acids is 1. The van der Waals surface area contributed by atoms with Gasteiger partial charge in [-0.1, -0.05) is 6.92 Å². The normalized spacial score (nSPS) is 21.5. The molecule has 1 aliphatic heterocycles. The molecular weight excluding hydrogens is 297 g/mol. The Bertz CT molecular complexity index is 560. The third kappa shape index (κ3) is 3.04. The number of amides is 1. The fraction of sp³-hybridized carbons (Fsp3) is 0.533. The molecule has 22 heavy (non-hydrogen) atoms. The molecule has 0 radical (unpaired) electrons. The summed E-state index contributed by atoms with van der Waals surface area (Å²) in [5.74, 6) is 0. The van der Waals surface area contributed by atoms with Crippen LogP contribution in [0.2, 0.25) is 0 Å². The van der Waals surface area contributed by atoms with Gasteiger partial charge in [0.05, 0.1) is 17.9 Å². The molecule has 1 aliphatic rings. The molecule has 1 aromatic rings. The minimum Gasteiger partial charge on any atom is -0.449 e. The first-order chi connectivity index (χ1) is 10.3. The van der Waals surface area contributed by atoms with Gasteiger partial charge in [-0.05, 0) is 43.5 Å². The molecule has 1 aromatic carbocycles. The van der Waals surface area contributed by atoms with Crippen LogP contribution < -0.4 is 10.6 Å². The van der Waals surface area contributed by atoms with Crippen molar-refractivity contribution in [3.8, 4) is 0 Å². The Hall–Kier alpha value is -1.76. The minimum absolute atomic E-state index is 0.182. The first-order valence-corrected chi connectivity index (χ1v) is 7.22. The molecule has 2 rings (SSSR count). The Morgan fingerprint density at radius 2 is 2.09 bits per heavy atom. The fourth-order valence-electron chi connectivity index (χ4n) is 2.76. The Morgan fingerprint density at radius 1 is 1.41 bits per heavy atom. The van der Waals surface area contributed by atoms with Gasteiger partial charge in [0.1, 0.15) is 0 Å². The maximum absolute atomic E-state index is 12.9. The van der Waals surface area contributed by atoms with Crippen LogP contribution in [0.15, 0.2) is 18.2 Å². The number of anilines is 1. The summed E-state index contributed by atoms with van der Waals surface area (Å²) in [5.41, 5.74) is 5.98. The van der Waals surface area contributed by atoms with Crippen LogP contribution in [0.3, 0.4) is 0 Å². The third-order valence-corrected chi connectivity index (χ3v) is 3.84. The molecule has 0 saturated carbocycles. The SMILES string of the molecule is CCOC(=O)N1c2ccc(C(F)(F)F)cc2[C@H](N)C[C@H]1CC. The van der Waals surface area contributed by atoms with Crippen LogP contribution in [0, 0.1) is 0 Å². The molecule has 0 aromatic heterocycles. The average Bonchev–Trinajstić information content (AvgIpc) is 2.45. The molecule has 0 saturated heterocycles. The maximum atomic E-state index is 12.9. The van der Waals surface area contributed by atoms with Crippen LogP contribution in [0.4, 0.5) is 23.7 Å². The molecule has 2 N–H and O–H groups in total. The van der Waals surface area contributed by atoms with Gasteiger partial charge in [-0.2, -0.15) is 13.2 Å². The second-order valence-corrected chi connectivity index (χ2v) is 5.24. The third-order valence-electron chi connectivity index (χ3n) is 3.84. The summed E-state index contributed by atoms with van der Waals surface area (Å²) in [6.45, 7) is 3.79. The van der Waals surface area contributed by atoms with E-state index >= 15 is 0 Å². The molecular formula is C15H19F3N2O2. The Balaban J connectivity index is 2.49. The van der Waals surface area contributed by atoms with E-state index in [1.54, 1.807) is 6.92 Å². The Morgan fingerprint density at radius 3 is 2.64 bits per heavy atom. The summed E-state index contributed by atoms with van der Waals surface area (Å²) < 4.78 is 43.6. The second-order valence-electron chi connectivity index (χ2n) is 5.24. The van der Waals surface area contributed by atoms with Crippen molar-refractivity contribution in [1.29, 1.82) is 0 Å². The predicted molar refractivity (Wildman–Crippen MR) is 76.6 cm³/mol. The van der Waals surface area contributed by atoms with Crippen molar-refractivity contribution in [1.82, 2.24) is 0 Å². The van der Waals surface area contributed by atoms with Gasteiger partial charge in [0.15, 0.2) is 0 Å². The first kappa shape index (κ1) is 16.6. The van der Waals surface area contributed by atoms with E-state index in [2.05, 4.69) is 0 Å². The predicted octanol–water partition coefficient (Wildman–Crippen LogP) is 3.85. The van der Waals surface area contributed by atoms with Crippen molar-refractivity contribution in [2.75, 3.05) is 11.5 Å². The van der Waals surface area contributed by atoms with Crippen molar-refractivity contribution >= 4 is 11.8 Å². The first-order valence-electron chi connectivity index (χ1n) is 7.22. The highest BCUT2D eigenvalue weighted by atomic mass is 19.4. The molecule has 1 heterocycles. The Labute approximate surface area is 127 Å². The molecule has 4 nitrogen and oxygen atoms in total. The number of rotatable bonds is 2. The van der Waals surface area contributed by atoms with Crippen LogP contribution in [-0.4, -0.2) is 18.7 Å². The topological polar surface area (TPSA) is 55.6 Å². The largest absolute Gasteiger partial charge is 0.449 e. The number of carbonyl (C=O) groups is 1. The number of fused-ring (bicyclic) bond motifs is 1. The van der Waals surface area contributed by atoms with Crippen molar-refractivity contribution < 1.29 is 22.7 Å². The molecule has 2 atom stereocenters. The quantitative estimate of drug-likeness (QED) is 0.901. The lowest BCUT2D eigenvalue weighted by atomic mass is 9.89. The van der Waals surface area contributed by atoms with E-state index in [9.17, 15) is 18.0 Å². The van der Waals surface area contributed by atoms with E-state index in [1.807, 2.05) is 6.92 Å². The lowest BCUT2D eigenvalue weighted by molar-refractivity contribution is -0.137. The van der Waals surface area contributed by atoms with E-state index in [1.165, 1.54) is 11.0 Å². The summed E-state index contributed by atoms with van der Waals surface area (Å²) in [7, 11) is 0. The van der Waals surface area contributed by atoms with Gasteiger partial charge in [-0.3, -0.25) is 4.90 Å². The van der Waals surface area contributed by atoms with E-state index in [4.69, 9.17) is 10.5 Å². The van der Waals surface area contributed by atoms with E-state index in [0.29, 0.717) is 24.1 Å². The summed E-state index contributed by atoms with van der Waals surface area (Å²) in [4.78, 5) is 13.6. The van der Waals surface area contributed by atoms with Crippen molar-refractivity contribution in [3.05, 3.63) is 29.3 Å². The number of halogens is 3. The second kappa shape index (κ2) is 6.16. The van der Waals surface area contributed by atoms with Crippen LogP contribution in [0.1, 0.15) is 43.9 Å². The average molecular weight is 316 g/mol. The van der Waals surface area contributed by atoms with Crippen molar-refractivity contribution in [2.24, 2.45) is 5.73 Å². The number of nitrogens with two attached hydrogens (primary N) is 1. The number of benzene rings is 1. The molecule has 0 aliphatic carbocycles. The van der Waals surface area contributed by atoms with Crippen LogP contribution in [0.5, 0.6) is 0 Å². The lowest BCUT2D eigenvalue weighted by Crippen LogP contribution is -2.46. The standard InChI is InChI=1S/C15H19F3N2O2/c1-3-10-8-12(19)11-7-9(15(16,17)18)5-6-13(11)20(10)14(21)22-4-2/h5-7,10,12H,3-4,8,19H2,1-2H3/t10-,12-/m1/s1. The van der Waals surface area contributed by atoms with Crippen LogP contribution in [0.25, 0.3) is 0 Å². The molecule has 0 unspecified atom stereocenters. The molecule has 7 heteroatoms. The van der Waals surface area contributed by atoms with Crippen molar-refractivity contribution in [3.63, 3.8) is 0 Å². The summed E-state index contributed by atoms with van der Waals surface area (Å²) >= 11 is 0. The highest BCUT2D eigenvalue weighted by Gasteiger charge is 2.37. The number of alkyl halides is 3. The Kier molecular flexibility index (Phi) is 4.65. The molecule has 1 amide bonds. The van der Waals surface area contributed by atoms with E-state index < -0.39 is 23.9 Å². The smallest absolute Gasteiger partial charge is 0.416 e. The molecule has 0 fully saturated rings. The monoisotopic (exact) mass is 316 g/mol. The van der Waals surface area contributed by atoms with Gasteiger partial charge in [0.2, 0.25) is 0 Å². The molecule has 0 spiro atoms. The molecule has 122 valence electrons. The fourth-order valence-corrected chi connectivity index (χ4v) is 2.76. The minimum atomic E-state index is -4.44. The zero-order valence-electron chi connectivity index (χ0n) is 12.5. The number of ether oxygens (including phenoxy) is 1. The van der Waals surface area contributed by atoms with Gasteiger partial charge in [0.25, 0.3) is 0 Å². The van der Waals surface area contributed by atoms with Gasteiger partial charge in [0, 0.05) is 12.1 Å². The van der Waals surface area contributed by atoms with E-state index in [-0.39, 0.29) is 12.6 Å². The maximum Gasteiger partial charge on any atom is 0.416 e. The van der Waals surface area contributed by atoms with Gasteiger partial charge in [-0.25, -0.2) is 4.79 Å². The van der Waals surface area contributed by atoms with Crippen LogP contribution >= 0.6 is 0 Å². The summed E-state index contributed by atoms with van der Waals surface area (Å²) in [5, 5.41) is 0. The zero-order chi connectivity index (χ0) is 16.5. The van der Waals surface area contributed by atoms with Crippen molar-refractivity contribution in [2.45, 2.75) is 44.9 Å². The summed E-state index contributed by atoms with van der Waals surface area (Å²) in [6, 6.07) is 2.58. The number of nitrogens with zero attached hydrogens (tertiary/aromatic N) is 1. The number of hydrogen-bond acceptors (Lipinski definition) is 3. The van der Waals surface area contributed by atoms with Crippen LogP contribution in [-0.2, 0) is 10.9 Å². The van der Waals surface area contributed by atoms with Gasteiger partial charge in [-0.15, -0.1) is 0 Å². The van der Waals surface area contributed by atoms with Gasteiger partial charge >= 0.3 is 12.3 Å².